The highest BCUT2D eigenvalue weighted by atomic mass is 16.2. The molecule has 2 heterocycles. The van der Waals surface area contributed by atoms with Crippen molar-refractivity contribution in [3.8, 4) is 0 Å². The number of hydrogen-bond acceptors (Lipinski definition) is 4. The summed E-state index contributed by atoms with van der Waals surface area (Å²) in [7, 11) is 0. The molecular formula is C24H34N4O. The third-order valence-corrected chi connectivity index (χ3v) is 6.16. The van der Waals surface area contributed by atoms with Gasteiger partial charge >= 0.3 is 0 Å². The maximum Gasteiger partial charge on any atom is 0.219 e. The van der Waals surface area contributed by atoms with Gasteiger partial charge in [-0.2, -0.15) is 0 Å². The van der Waals surface area contributed by atoms with Crippen LogP contribution in [0.3, 0.4) is 0 Å². The van der Waals surface area contributed by atoms with E-state index >= 15 is 0 Å². The molecule has 156 valence electrons. The van der Waals surface area contributed by atoms with E-state index in [1.54, 1.807) is 6.92 Å². The second kappa shape index (κ2) is 8.93. The molecule has 0 N–H and O–H groups in total. The Balaban J connectivity index is 2.00. The number of benzene rings is 1. The molecule has 1 aromatic heterocycles. The molecule has 1 amide bonds. The largest absolute Gasteiger partial charge is 0.353 e. The zero-order valence-corrected chi connectivity index (χ0v) is 18.7. The summed E-state index contributed by atoms with van der Waals surface area (Å²) in [5, 5.41) is 0. The van der Waals surface area contributed by atoms with Crippen molar-refractivity contribution in [3.63, 3.8) is 0 Å². The maximum absolute atomic E-state index is 11.7. The molecule has 1 aliphatic rings. The molecule has 1 aromatic carbocycles. The van der Waals surface area contributed by atoms with Crippen molar-refractivity contribution in [1.29, 1.82) is 0 Å². The van der Waals surface area contributed by atoms with E-state index in [0.29, 0.717) is 5.92 Å². The van der Waals surface area contributed by atoms with Gasteiger partial charge in [0.2, 0.25) is 5.91 Å². The second-order valence-corrected chi connectivity index (χ2v) is 8.38. The lowest BCUT2D eigenvalue weighted by atomic mass is 9.97. The molecule has 0 saturated carbocycles. The Bertz CT molecular complexity index is 885. The van der Waals surface area contributed by atoms with E-state index in [4.69, 9.17) is 9.97 Å². The van der Waals surface area contributed by atoms with Gasteiger partial charge in [-0.15, -0.1) is 0 Å². The molecule has 1 aliphatic heterocycles. The number of anilines is 1. The van der Waals surface area contributed by atoms with Crippen molar-refractivity contribution in [2.45, 2.75) is 60.3 Å². The van der Waals surface area contributed by atoms with Gasteiger partial charge in [-0.1, -0.05) is 37.6 Å². The average Bonchev–Trinajstić information content (AvgIpc) is 2.71. The first-order valence-corrected chi connectivity index (χ1v) is 10.7. The zero-order valence-electron chi connectivity index (χ0n) is 18.7. The van der Waals surface area contributed by atoms with Crippen LogP contribution in [0, 0.1) is 20.8 Å². The fourth-order valence-corrected chi connectivity index (χ4v) is 3.89. The quantitative estimate of drug-likeness (QED) is 0.763. The molecule has 0 spiro atoms. The van der Waals surface area contributed by atoms with Crippen LogP contribution >= 0.6 is 0 Å². The van der Waals surface area contributed by atoms with E-state index in [2.05, 4.69) is 57.7 Å². The van der Waals surface area contributed by atoms with Crippen LogP contribution < -0.4 is 4.90 Å². The number of carbonyl (C=O) groups excluding carboxylic acids is 1. The van der Waals surface area contributed by atoms with Gasteiger partial charge in [0.05, 0.1) is 0 Å². The van der Waals surface area contributed by atoms with Gasteiger partial charge in [0.1, 0.15) is 11.6 Å². The molecule has 0 aliphatic carbocycles. The molecule has 0 radical (unpaired) electrons. The summed E-state index contributed by atoms with van der Waals surface area (Å²) < 4.78 is 0. The third kappa shape index (κ3) is 4.77. The summed E-state index contributed by atoms with van der Waals surface area (Å²) in [6.07, 6.45) is 1.86. The van der Waals surface area contributed by atoms with Crippen molar-refractivity contribution in [2.75, 3.05) is 31.1 Å². The summed E-state index contributed by atoms with van der Waals surface area (Å²) in [4.78, 5) is 26.0. The number of amides is 1. The van der Waals surface area contributed by atoms with E-state index < -0.39 is 0 Å². The molecule has 29 heavy (non-hydrogen) atoms. The smallest absolute Gasteiger partial charge is 0.219 e. The number of piperazine rings is 1. The molecule has 0 bridgehead atoms. The molecule has 0 unspecified atom stereocenters. The zero-order chi connectivity index (χ0) is 21.1. The average molecular weight is 395 g/mol. The van der Waals surface area contributed by atoms with Gasteiger partial charge in [0, 0.05) is 56.7 Å². The SMILES string of the molecule is CC[C@@H](C)c1nc(C)c(Cc2cc(C)ccc2C)c(N2CCN(C(C)=O)CC2)n1. The standard InChI is InChI=1S/C24H34N4O/c1-7-17(3)23-25-19(5)22(15-21-14-16(2)8-9-18(21)4)24(26-23)28-12-10-27(11-13-28)20(6)29/h8-9,14,17H,7,10-13,15H2,1-6H3/t17-/m1/s1. The Morgan fingerprint density at radius 2 is 1.79 bits per heavy atom. The van der Waals surface area contributed by atoms with Gasteiger partial charge in [0.15, 0.2) is 0 Å². The van der Waals surface area contributed by atoms with Gasteiger partial charge in [-0.05, 0) is 38.3 Å². The van der Waals surface area contributed by atoms with E-state index in [-0.39, 0.29) is 5.91 Å². The van der Waals surface area contributed by atoms with E-state index in [0.717, 1.165) is 56.4 Å². The van der Waals surface area contributed by atoms with Crippen LogP contribution in [0.25, 0.3) is 0 Å². The van der Waals surface area contributed by atoms with E-state index in [1.165, 1.54) is 22.3 Å². The highest BCUT2D eigenvalue weighted by Crippen LogP contribution is 2.29. The Kier molecular flexibility index (Phi) is 6.56. The van der Waals surface area contributed by atoms with Gasteiger partial charge in [-0.3, -0.25) is 4.79 Å². The fourth-order valence-electron chi connectivity index (χ4n) is 3.89. The first-order valence-electron chi connectivity index (χ1n) is 10.7. The Labute approximate surface area is 175 Å². The van der Waals surface area contributed by atoms with Gasteiger partial charge in [-0.25, -0.2) is 9.97 Å². The number of nitrogens with zero attached hydrogens (tertiary/aromatic N) is 4. The Morgan fingerprint density at radius 1 is 1.10 bits per heavy atom. The summed E-state index contributed by atoms with van der Waals surface area (Å²) in [5.41, 5.74) is 6.18. The van der Waals surface area contributed by atoms with Crippen LogP contribution in [0.2, 0.25) is 0 Å². The lowest BCUT2D eigenvalue weighted by Crippen LogP contribution is -2.48. The number of aryl methyl sites for hydroxylation is 3. The minimum absolute atomic E-state index is 0.152. The topological polar surface area (TPSA) is 49.3 Å². The molecule has 2 aromatic rings. The van der Waals surface area contributed by atoms with Crippen LogP contribution in [-0.4, -0.2) is 47.0 Å². The normalized spacial score (nSPS) is 15.5. The van der Waals surface area contributed by atoms with Crippen molar-refractivity contribution >= 4 is 11.7 Å². The van der Waals surface area contributed by atoms with Crippen molar-refractivity contribution < 1.29 is 4.79 Å². The minimum atomic E-state index is 0.152. The van der Waals surface area contributed by atoms with Gasteiger partial charge < -0.3 is 9.80 Å². The molecule has 1 atom stereocenters. The lowest BCUT2D eigenvalue weighted by Gasteiger charge is -2.36. The maximum atomic E-state index is 11.7. The van der Waals surface area contributed by atoms with E-state index in [1.807, 2.05) is 4.90 Å². The molecule has 1 fully saturated rings. The summed E-state index contributed by atoms with van der Waals surface area (Å²) in [6, 6.07) is 6.63. The molecule has 5 heteroatoms. The molecule has 3 rings (SSSR count). The Morgan fingerprint density at radius 3 is 2.41 bits per heavy atom. The summed E-state index contributed by atoms with van der Waals surface area (Å²) >= 11 is 0. The first-order chi connectivity index (χ1) is 13.8. The Hall–Kier alpha value is -2.43. The van der Waals surface area contributed by atoms with Gasteiger partial charge in [0.25, 0.3) is 0 Å². The highest BCUT2D eigenvalue weighted by Gasteiger charge is 2.24. The minimum Gasteiger partial charge on any atom is -0.353 e. The lowest BCUT2D eigenvalue weighted by molar-refractivity contribution is -0.129. The van der Waals surface area contributed by atoms with Crippen LogP contribution in [-0.2, 0) is 11.2 Å². The van der Waals surface area contributed by atoms with Crippen LogP contribution in [0.15, 0.2) is 18.2 Å². The third-order valence-electron chi connectivity index (χ3n) is 6.16. The van der Waals surface area contributed by atoms with Crippen molar-refractivity contribution in [3.05, 3.63) is 52.0 Å². The molecular weight excluding hydrogens is 360 g/mol. The number of carbonyl (C=O) groups is 1. The summed E-state index contributed by atoms with van der Waals surface area (Å²) in [5.74, 6) is 2.47. The highest BCUT2D eigenvalue weighted by molar-refractivity contribution is 5.73. The number of aromatic nitrogens is 2. The fraction of sp³-hybridized carbons (Fsp3) is 0.542. The van der Waals surface area contributed by atoms with Crippen LogP contribution in [0.1, 0.15) is 66.9 Å². The predicted molar refractivity (Wildman–Crippen MR) is 119 cm³/mol. The van der Waals surface area contributed by atoms with Crippen molar-refractivity contribution in [2.24, 2.45) is 0 Å². The monoisotopic (exact) mass is 394 g/mol. The second-order valence-electron chi connectivity index (χ2n) is 8.38. The van der Waals surface area contributed by atoms with Crippen LogP contribution in [0.4, 0.5) is 5.82 Å². The molecule has 1 saturated heterocycles. The number of hydrogen-bond donors (Lipinski definition) is 0. The number of rotatable bonds is 5. The summed E-state index contributed by atoms with van der Waals surface area (Å²) in [6.45, 7) is 15.6. The first kappa shape index (κ1) is 21.3. The molecule has 5 nitrogen and oxygen atoms in total. The van der Waals surface area contributed by atoms with E-state index in [9.17, 15) is 4.79 Å². The predicted octanol–water partition coefficient (Wildman–Crippen LogP) is 4.17. The van der Waals surface area contributed by atoms with Crippen molar-refractivity contribution in [1.82, 2.24) is 14.9 Å². The van der Waals surface area contributed by atoms with Crippen LogP contribution in [0.5, 0.6) is 0 Å².